The summed E-state index contributed by atoms with van der Waals surface area (Å²) in [5, 5.41) is 42.6. The number of nitrogens with zero attached hydrogens (tertiary/aromatic N) is 5. The number of aryl methyl sites for hydroxylation is 1. The first-order valence-electron chi connectivity index (χ1n) is 5.93. The van der Waals surface area contributed by atoms with E-state index in [1.165, 1.54) is 10.7 Å². The van der Waals surface area contributed by atoms with Gasteiger partial charge in [-0.3, -0.25) is 4.68 Å². The Kier molecular flexibility index (Phi) is 3.75. The summed E-state index contributed by atoms with van der Waals surface area (Å²) in [5.41, 5.74) is 0.301. The summed E-state index contributed by atoms with van der Waals surface area (Å²) in [6.07, 6.45) is 0. The number of allylic oxidation sites excluding steroid dienone is 2. The van der Waals surface area contributed by atoms with Crippen LogP contribution in [0.5, 0.6) is 0 Å². The number of hydrogen-bond donors (Lipinski definition) is 2. The van der Waals surface area contributed by atoms with Gasteiger partial charge in [0.25, 0.3) is 0 Å². The average Bonchev–Trinajstić information content (AvgIpc) is 2.84. The summed E-state index contributed by atoms with van der Waals surface area (Å²) in [5.74, 6) is -1.17. The molecule has 8 heteroatoms. The molecule has 0 aliphatic carbocycles. The molecule has 1 aromatic heterocycles. The van der Waals surface area contributed by atoms with Crippen LogP contribution in [0, 0.1) is 34.0 Å². The number of rotatable bonds is 3. The molecule has 0 amide bonds. The van der Waals surface area contributed by atoms with Gasteiger partial charge in [0, 0.05) is 18.1 Å². The monoisotopic (exact) mass is 292 g/mol. The van der Waals surface area contributed by atoms with Crippen molar-refractivity contribution in [3.8, 4) is 18.2 Å². The zero-order chi connectivity index (χ0) is 16.3. The van der Waals surface area contributed by atoms with Gasteiger partial charge in [0.05, 0.1) is 5.52 Å². The van der Waals surface area contributed by atoms with Crippen LogP contribution in [0.3, 0.4) is 0 Å². The molecule has 22 heavy (non-hydrogen) atoms. The van der Waals surface area contributed by atoms with Crippen molar-refractivity contribution in [2.24, 2.45) is 7.05 Å². The number of aromatic carboxylic acids is 1. The molecule has 0 spiro atoms. The second-order valence-electron chi connectivity index (χ2n) is 4.22. The van der Waals surface area contributed by atoms with Crippen LogP contribution in [0.15, 0.2) is 29.5 Å². The van der Waals surface area contributed by atoms with E-state index < -0.39 is 5.97 Å². The highest BCUT2D eigenvalue weighted by Gasteiger charge is 2.16. The maximum absolute atomic E-state index is 11.2. The molecule has 0 atom stereocenters. The average molecular weight is 292 g/mol. The number of carbonyl (C=O) groups is 1. The van der Waals surface area contributed by atoms with E-state index in [0.717, 1.165) is 0 Å². The summed E-state index contributed by atoms with van der Waals surface area (Å²) in [6, 6.07) is 9.68. The van der Waals surface area contributed by atoms with Crippen molar-refractivity contribution in [1.29, 1.82) is 15.8 Å². The molecule has 2 N–H and O–H groups in total. The Morgan fingerprint density at radius 2 is 1.95 bits per heavy atom. The van der Waals surface area contributed by atoms with Gasteiger partial charge >= 0.3 is 5.97 Å². The van der Waals surface area contributed by atoms with Gasteiger partial charge in [-0.25, -0.2) is 4.79 Å². The van der Waals surface area contributed by atoms with Crippen molar-refractivity contribution in [3.05, 3.63) is 35.2 Å². The van der Waals surface area contributed by atoms with Crippen LogP contribution in [0.2, 0.25) is 0 Å². The molecule has 0 aliphatic rings. The molecule has 8 nitrogen and oxygen atoms in total. The Balaban J connectivity index is 2.56. The number of carboxylic acid groups (broad SMARTS) is 1. The van der Waals surface area contributed by atoms with Crippen molar-refractivity contribution in [2.45, 2.75) is 0 Å². The van der Waals surface area contributed by atoms with Crippen LogP contribution in [-0.4, -0.2) is 20.9 Å². The molecular weight excluding hydrogens is 284 g/mol. The molecule has 0 saturated carbocycles. The van der Waals surface area contributed by atoms with Crippen molar-refractivity contribution in [1.82, 2.24) is 9.78 Å². The Hall–Kier alpha value is -3.83. The lowest BCUT2D eigenvalue weighted by molar-refractivity contribution is 0.0691. The minimum Gasteiger partial charge on any atom is -0.476 e. The van der Waals surface area contributed by atoms with Crippen molar-refractivity contribution in [3.63, 3.8) is 0 Å². The van der Waals surface area contributed by atoms with Gasteiger partial charge in [-0.2, -0.15) is 20.9 Å². The molecule has 2 rings (SSSR count). The number of fused-ring (bicyclic) bond motifs is 1. The van der Waals surface area contributed by atoms with Crippen LogP contribution in [0.1, 0.15) is 10.5 Å². The largest absolute Gasteiger partial charge is 0.476 e. The summed E-state index contributed by atoms with van der Waals surface area (Å²) >= 11 is 0. The number of nitriles is 3. The topological polar surface area (TPSA) is 139 Å². The molecule has 0 aliphatic heterocycles. The van der Waals surface area contributed by atoms with E-state index in [1.54, 1.807) is 37.4 Å². The third-order valence-corrected chi connectivity index (χ3v) is 2.91. The first-order valence-corrected chi connectivity index (χ1v) is 5.93. The van der Waals surface area contributed by atoms with Crippen LogP contribution < -0.4 is 5.32 Å². The zero-order valence-electron chi connectivity index (χ0n) is 11.3. The number of nitrogens with one attached hydrogen (secondary N) is 1. The highest BCUT2D eigenvalue weighted by Crippen LogP contribution is 2.23. The standard InChI is InChI=1S/C14H8N6O2/c1-20-12-3-2-9(4-10(12)13(19-20)14(21)22)18-11(7-17)8(5-15)6-16/h2-4,18H,1H3,(H,21,22). The van der Waals surface area contributed by atoms with Gasteiger partial charge in [0.15, 0.2) is 11.3 Å². The van der Waals surface area contributed by atoms with Gasteiger partial charge in [-0.15, -0.1) is 0 Å². The fraction of sp³-hybridized carbons (Fsp3) is 0.0714. The van der Waals surface area contributed by atoms with E-state index in [9.17, 15) is 4.79 Å². The molecule has 0 unspecified atom stereocenters. The summed E-state index contributed by atoms with van der Waals surface area (Å²) in [6.45, 7) is 0. The van der Waals surface area contributed by atoms with Gasteiger partial charge in [0.1, 0.15) is 23.9 Å². The molecule has 0 fully saturated rings. The van der Waals surface area contributed by atoms with E-state index in [4.69, 9.17) is 20.9 Å². The van der Waals surface area contributed by atoms with Crippen LogP contribution in [0.25, 0.3) is 10.9 Å². The smallest absolute Gasteiger partial charge is 0.357 e. The third kappa shape index (κ3) is 2.43. The quantitative estimate of drug-likeness (QED) is 0.817. The Morgan fingerprint density at radius 1 is 1.27 bits per heavy atom. The highest BCUT2D eigenvalue weighted by molar-refractivity contribution is 6.02. The van der Waals surface area contributed by atoms with E-state index in [0.29, 0.717) is 16.6 Å². The number of carboxylic acids is 1. The van der Waals surface area contributed by atoms with Gasteiger partial charge in [-0.1, -0.05) is 0 Å². The minimum absolute atomic E-state index is 0.121. The number of anilines is 1. The lowest BCUT2D eigenvalue weighted by Crippen LogP contribution is -2.01. The predicted molar refractivity (Wildman–Crippen MR) is 75.2 cm³/mol. The first-order chi connectivity index (χ1) is 10.5. The van der Waals surface area contributed by atoms with Gasteiger partial charge in [-0.05, 0) is 18.2 Å². The van der Waals surface area contributed by atoms with Crippen molar-refractivity contribution in [2.75, 3.05) is 5.32 Å². The zero-order valence-corrected chi connectivity index (χ0v) is 11.3. The molecule has 1 aromatic carbocycles. The van der Waals surface area contributed by atoms with Gasteiger partial charge in [0.2, 0.25) is 0 Å². The van der Waals surface area contributed by atoms with E-state index in [1.807, 2.05) is 0 Å². The predicted octanol–water partition coefficient (Wildman–Crippen LogP) is 1.51. The minimum atomic E-state index is -1.17. The molecule has 0 radical (unpaired) electrons. The molecule has 0 saturated heterocycles. The number of benzene rings is 1. The molecule has 1 heterocycles. The summed E-state index contributed by atoms with van der Waals surface area (Å²) in [4.78, 5) is 11.2. The van der Waals surface area contributed by atoms with Crippen LogP contribution in [0.4, 0.5) is 5.69 Å². The Labute approximate surface area is 124 Å². The van der Waals surface area contributed by atoms with Crippen LogP contribution in [-0.2, 0) is 7.05 Å². The SMILES string of the molecule is Cn1nc(C(=O)O)c2cc(NC(C#N)=C(C#N)C#N)ccc21. The third-order valence-electron chi connectivity index (χ3n) is 2.91. The van der Waals surface area contributed by atoms with E-state index in [-0.39, 0.29) is 17.0 Å². The molecular formula is C14H8N6O2. The number of hydrogen-bond acceptors (Lipinski definition) is 6. The van der Waals surface area contributed by atoms with E-state index in [2.05, 4.69) is 10.4 Å². The maximum Gasteiger partial charge on any atom is 0.357 e. The maximum atomic E-state index is 11.2. The van der Waals surface area contributed by atoms with Crippen LogP contribution >= 0.6 is 0 Å². The lowest BCUT2D eigenvalue weighted by Gasteiger charge is -2.05. The molecule has 0 bridgehead atoms. The lowest BCUT2D eigenvalue weighted by atomic mass is 10.1. The Morgan fingerprint density at radius 3 is 2.50 bits per heavy atom. The normalized spacial score (nSPS) is 9.36. The second-order valence-corrected chi connectivity index (χ2v) is 4.22. The summed E-state index contributed by atoms with van der Waals surface area (Å²) in [7, 11) is 1.62. The summed E-state index contributed by atoms with van der Waals surface area (Å²) < 4.78 is 1.43. The first kappa shape index (κ1) is 14.6. The van der Waals surface area contributed by atoms with E-state index >= 15 is 0 Å². The highest BCUT2D eigenvalue weighted by atomic mass is 16.4. The Bertz CT molecular complexity index is 917. The number of aromatic nitrogens is 2. The second kappa shape index (κ2) is 5.66. The molecule has 106 valence electrons. The van der Waals surface area contributed by atoms with Gasteiger partial charge < -0.3 is 10.4 Å². The van der Waals surface area contributed by atoms with Crippen molar-refractivity contribution < 1.29 is 9.90 Å². The fourth-order valence-corrected chi connectivity index (χ4v) is 1.93. The molecule has 2 aromatic rings. The van der Waals surface area contributed by atoms with Crippen molar-refractivity contribution >= 4 is 22.6 Å². The fourth-order valence-electron chi connectivity index (χ4n) is 1.93.